The van der Waals surface area contributed by atoms with Gasteiger partial charge < -0.3 is 15.6 Å². The lowest BCUT2D eigenvalue weighted by molar-refractivity contribution is 0.0920. The molecule has 3 N–H and O–H groups in total. The van der Waals surface area contributed by atoms with E-state index in [1.54, 1.807) is 12.3 Å². The molecule has 0 atom stereocenters. The van der Waals surface area contributed by atoms with Crippen LogP contribution in [-0.2, 0) is 0 Å². The summed E-state index contributed by atoms with van der Waals surface area (Å²) in [6, 6.07) is 4.60. The van der Waals surface area contributed by atoms with Gasteiger partial charge in [0.1, 0.15) is 5.69 Å². The molecule has 0 aromatic carbocycles. The van der Waals surface area contributed by atoms with Crippen LogP contribution >= 0.6 is 0 Å². The van der Waals surface area contributed by atoms with Crippen LogP contribution in [0.15, 0.2) is 18.3 Å². The van der Waals surface area contributed by atoms with E-state index in [2.05, 4.69) is 15.6 Å². The Morgan fingerprint density at radius 2 is 2.00 bits per heavy atom. The van der Waals surface area contributed by atoms with Crippen molar-refractivity contribution in [3.63, 3.8) is 0 Å². The highest BCUT2D eigenvalue weighted by atomic mass is 16.1. The van der Waals surface area contributed by atoms with Gasteiger partial charge in [-0.2, -0.15) is 0 Å². The van der Waals surface area contributed by atoms with Crippen molar-refractivity contribution in [2.75, 3.05) is 7.05 Å². The summed E-state index contributed by atoms with van der Waals surface area (Å²) in [6.45, 7) is 0. The van der Waals surface area contributed by atoms with Crippen LogP contribution in [0.2, 0.25) is 0 Å². The molecule has 0 unspecified atom stereocenters. The zero-order chi connectivity index (χ0) is 11.4. The maximum Gasteiger partial charge on any atom is 0.267 e. The summed E-state index contributed by atoms with van der Waals surface area (Å²) in [6.07, 6.45) is 6.20. The van der Waals surface area contributed by atoms with Crippen molar-refractivity contribution in [1.29, 1.82) is 0 Å². The number of nitrogens with one attached hydrogen (secondary N) is 3. The molecule has 1 saturated carbocycles. The lowest BCUT2D eigenvalue weighted by Gasteiger charge is -2.28. The Labute approximate surface area is 95.8 Å². The molecule has 0 aliphatic heterocycles. The average molecular weight is 221 g/mol. The van der Waals surface area contributed by atoms with E-state index in [0.29, 0.717) is 17.8 Å². The maximum absolute atomic E-state index is 11.8. The van der Waals surface area contributed by atoms with E-state index >= 15 is 0 Å². The Morgan fingerprint density at radius 1 is 1.31 bits per heavy atom. The topological polar surface area (TPSA) is 56.9 Å². The third-order valence-electron chi connectivity index (χ3n) is 3.31. The lowest BCUT2D eigenvalue weighted by atomic mass is 9.91. The van der Waals surface area contributed by atoms with Crippen molar-refractivity contribution in [2.45, 2.75) is 37.8 Å². The molecule has 4 nitrogen and oxygen atoms in total. The predicted molar refractivity (Wildman–Crippen MR) is 63.4 cm³/mol. The van der Waals surface area contributed by atoms with Crippen LogP contribution in [0.1, 0.15) is 36.2 Å². The molecule has 1 aromatic rings. The largest absolute Gasteiger partial charge is 0.357 e. The van der Waals surface area contributed by atoms with Crippen molar-refractivity contribution in [3.05, 3.63) is 24.0 Å². The van der Waals surface area contributed by atoms with Crippen molar-refractivity contribution in [2.24, 2.45) is 0 Å². The standard InChI is InChI=1S/C12H19N3O/c1-13-9-4-6-10(7-5-9)15-12(16)11-3-2-8-14-11/h2-3,8-10,13-14H,4-7H2,1H3,(H,15,16). The average Bonchev–Trinajstić information content (AvgIpc) is 2.83. The van der Waals surface area contributed by atoms with Gasteiger partial charge in [-0.25, -0.2) is 0 Å². The number of H-pyrrole nitrogens is 1. The van der Waals surface area contributed by atoms with Crippen molar-refractivity contribution in [3.8, 4) is 0 Å². The first kappa shape index (κ1) is 11.2. The van der Waals surface area contributed by atoms with Crippen LogP contribution in [-0.4, -0.2) is 30.0 Å². The number of hydrogen-bond donors (Lipinski definition) is 3. The first-order valence-electron chi connectivity index (χ1n) is 5.91. The zero-order valence-corrected chi connectivity index (χ0v) is 9.62. The summed E-state index contributed by atoms with van der Waals surface area (Å²) in [7, 11) is 2.00. The Morgan fingerprint density at radius 3 is 2.56 bits per heavy atom. The van der Waals surface area contributed by atoms with Crippen molar-refractivity contribution >= 4 is 5.91 Å². The number of aromatic amines is 1. The fraction of sp³-hybridized carbons (Fsp3) is 0.583. The molecule has 1 aromatic heterocycles. The van der Waals surface area contributed by atoms with Gasteiger partial charge in [0.15, 0.2) is 0 Å². The van der Waals surface area contributed by atoms with Crippen LogP contribution in [0.4, 0.5) is 0 Å². The number of aromatic nitrogens is 1. The third kappa shape index (κ3) is 2.64. The van der Waals surface area contributed by atoms with E-state index < -0.39 is 0 Å². The normalized spacial score (nSPS) is 25.3. The molecule has 0 saturated heterocycles. The highest BCUT2D eigenvalue weighted by molar-refractivity contribution is 5.92. The number of amides is 1. The number of carbonyl (C=O) groups excluding carboxylic acids is 1. The second-order valence-electron chi connectivity index (χ2n) is 4.39. The molecule has 16 heavy (non-hydrogen) atoms. The summed E-state index contributed by atoms with van der Waals surface area (Å²) >= 11 is 0. The van der Waals surface area contributed by atoms with Gasteiger partial charge in [-0.3, -0.25) is 4.79 Å². The van der Waals surface area contributed by atoms with E-state index in [0.717, 1.165) is 25.7 Å². The minimum Gasteiger partial charge on any atom is -0.357 e. The quantitative estimate of drug-likeness (QED) is 0.720. The minimum absolute atomic E-state index is 0.0120. The van der Waals surface area contributed by atoms with Crippen LogP contribution in [0.5, 0.6) is 0 Å². The van der Waals surface area contributed by atoms with Gasteiger partial charge in [0.05, 0.1) is 0 Å². The van der Waals surface area contributed by atoms with E-state index in [1.807, 2.05) is 13.1 Å². The van der Waals surface area contributed by atoms with Gasteiger partial charge in [-0.1, -0.05) is 0 Å². The fourth-order valence-electron chi connectivity index (χ4n) is 2.26. The highest BCUT2D eigenvalue weighted by Gasteiger charge is 2.21. The molecule has 0 radical (unpaired) electrons. The molecule has 0 bridgehead atoms. The van der Waals surface area contributed by atoms with Gasteiger partial charge in [-0.15, -0.1) is 0 Å². The number of hydrogen-bond acceptors (Lipinski definition) is 2. The fourth-order valence-corrected chi connectivity index (χ4v) is 2.26. The third-order valence-corrected chi connectivity index (χ3v) is 3.31. The second-order valence-corrected chi connectivity index (χ2v) is 4.39. The smallest absolute Gasteiger partial charge is 0.267 e. The Kier molecular flexibility index (Phi) is 3.62. The molecule has 4 heteroatoms. The van der Waals surface area contributed by atoms with Gasteiger partial charge in [0, 0.05) is 18.3 Å². The SMILES string of the molecule is CNC1CCC(NC(=O)c2ccc[nH]2)CC1. The Hall–Kier alpha value is -1.29. The molecule has 1 fully saturated rings. The molecule has 1 heterocycles. The van der Waals surface area contributed by atoms with Crippen molar-refractivity contribution in [1.82, 2.24) is 15.6 Å². The lowest BCUT2D eigenvalue weighted by Crippen LogP contribution is -2.41. The molecule has 2 rings (SSSR count). The highest BCUT2D eigenvalue weighted by Crippen LogP contribution is 2.18. The number of rotatable bonds is 3. The van der Waals surface area contributed by atoms with Crippen LogP contribution in [0.3, 0.4) is 0 Å². The second kappa shape index (κ2) is 5.16. The van der Waals surface area contributed by atoms with Crippen LogP contribution in [0.25, 0.3) is 0 Å². The molecule has 1 aliphatic carbocycles. The minimum atomic E-state index is 0.0120. The van der Waals surface area contributed by atoms with Crippen LogP contribution < -0.4 is 10.6 Å². The van der Waals surface area contributed by atoms with E-state index in [1.165, 1.54) is 0 Å². The van der Waals surface area contributed by atoms with Gasteiger partial charge >= 0.3 is 0 Å². The summed E-state index contributed by atoms with van der Waals surface area (Å²) in [5.41, 5.74) is 0.649. The van der Waals surface area contributed by atoms with Crippen molar-refractivity contribution < 1.29 is 4.79 Å². The molecular weight excluding hydrogens is 202 g/mol. The van der Waals surface area contributed by atoms with E-state index in [-0.39, 0.29) is 5.91 Å². The van der Waals surface area contributed by atoms with Crippen LogP contribution in [0, 0.1) is 0 Å². The molecule has 88 valence electrons. The first-order chi connectivity index (χ1) is 7.79. The summed E-state index contributed by atoms with van der Waals surface area (Å²) in [4.78, 5) is 14.7. The summed E-state index contributed by atoms with van der Waals surface area (Å²) in [5, 5.41) is 6.35. The maximum atomic E-state index is 11.8. The zero-order valence-electron chi connectivity index (χ0n) is 9.62. The Bertz CT molecular complexity index is 326. The first-order valence-corrected chi connectivity index (χ1v) is 5.91. The van der Waals surface area contributed by atoms with Gasteiger partial charge in [0.2, 0.25) is 0 Å². The molecular formula is C12H19N3O. The Balaban J connectivity index is 1.81. The molecule has 0 spiro atoms. The van der Waals surface area contributed by atoms with E-state index in [4.69, 9.17) is 0 Å². The number of carbonyl (C=O) groups is 1. The monoisotopic (exact) mass is 221 g/mol. The molecule has 1 amide bonds. The summed E-state index contributed by atoms with van der Waals surface area (Å²) < 4.78 is 0. The van der Waals surface area contributed by atoms with Gasteiger partial charge in [0.25, 0.3) is 5.91 Å². The van der Waals surface area contributed by atoms with E-state index in [9.17, 15) is 4.79 Å². The van der Waals surface area contributed by atoms with Gasteiger partial charge in [-0.05, 0) is 44.9 Å². The molecule has 1 aliphatic rings. The predicted octanol–water partition coefficient (Wildman–Crippen LogP) is 1.28. The summed E-state index contributed by atoms with van der Waals surface area (Å²) in [5.74, 6) is 0.0120.